The molecule has 1 aromatic rings. The summed E-state index contributed by atoms with van der Waals surface area (Å²) in [4.78, 5) is 2.37. The molecule has 2 N–H and O–H groups in total. The van der Waals surface area contributed by atoms with Crippen LogP contribution in [-0.2, 0) is 9.47 Å². The molecule has 5 heteroatoms. The molecule has 1 aromatic carbocycles. The molecule has 0 heterocycles. The van der Waals surface area contributed by atoms with Crippen LogP contribution >= 0.6 is 11.6 Å². The van der Waals surface area contributed by atoms with Crippen LogP contribution in [0.2, 0.25) is 5.02 Å². The molecule has 120 valence electrons. The Morgan fingerprint density at radius 3 is 2.33 bits per heavy atom. The van der Waals surface area contributed by atoms with Crippen molar-refractivity contribution in [1.29, 1.82) is 0 Å². The quantitative estimate of drug-likeness (QED) is 0.638. The molecule has 0 amide bonds. The summed E-state index contributed by atoms with van der Waals surface area (Å²) in [6.07, 6.45) is 1.94. The summed E-state index contributed by atoms with van der Waals surface area (Å²) in [5.74, 6) is 0. The van der Waals surface area contributed by atoms with Crippen molar-refractivity contribution in [2.45, 2.75) is 18.9 Å². The second-order valence-electron chi connectivity index (χ2n) is 5.13. The van der Waals surface area contributed by atoms with E-state index in [0.717, 1.165) is 56.3 Å². The van der Waals surface area contributed by atoms with Crippen molar-refractivity contribution in [2.24, 2.45) is 5.73 Å². The first kappa shape index (κ1) is 18.4. The van der Waals surface area contributed by atoms with Gasteiger partial charge in [-0.25, -0.2) is 0 Å². The normalized spacial score (nSPS) is 12.8. The van der Waals surface area contributed by atoms with Crippen LogP contribution in [0.3, 0.4) is 0 Å². The highest BCUT2D eigenvalue weighted by atomic mass is 35.5. The molecule has 0 saturated carbocycles. The Hall–Kier alpha value is -0.650. The molecule has 1 rings (SSSR count). The number of nitrogens with zero attached hydrogens (tertiary/aromatic N) is 1. The first-order chi connectivity index (χ1) is 10.2. The van der Waals surface area contributed by atoms with Crippen molar-refractivity contribution in [2.75, 3.05) is 47.1 Å². The van der Waals surface area contributed by atoms with Gasteiger partial charge in [-0.1, -0.05) is 23.7 Å². The summed E-state index contributed by atoms with van der Waals surface area (Å²) in [7, 11) is 3.46. The maximum atomic E-state index is 6.25. The second-order valence-corrected chi connectivity index (χ2v) is 5.56. The fraction of sp³-hybridized carbons (Fsp3) is 0.625. The zero-order chi connectivity index (χ0) is 15.5. The topological polar surface area (TPSA) is 47.7 Å². The maximum Gasteiger partial charge on any atom is 0.0589 e. The highest BCUT2D eigenvalue weighted by Crippen LogP contribution is 2.17. The average molecular weight is 315 g/mol. The fourth-order valence-electron chi connectivity index (χ4n) is 2.19. The molecule has 0 bridgehead atoms. The lowest BCUT2D eigenvalue weighted by Crippen LogP contribution is -2.32. The van der Waals surface area contributed by atoms with Gasteiger partial charge in [0.2, 0.25) is 0 Å². The Labute approximate surface area is 133 Å². The number of nitrogens with two attached hydrogens (primary N) is 1. The summed E-state index contributed by atoms with van der Waals surface area (Å²) in [5, 5.41) is 0.743. The largest absolute Gasteiger partial charge is 0.385 e. The van der Waals surface area contributed by atoms with Crippen LogP contribution in [0.15, 0.2) is 24.3 Å². The van der Waals surface area contributed by atoms with Crippen molar-refractivity contribution in [3.05, 3.63) is 34.9 Å². The number of ether oxygens (including phenoxy) is 2. The van der Waals surface area contributed by atoms with E-state index >= 15 is 0 Å². The van der Waals surface area contributed by atoms with E-state index in [4.69, 9.17) is 26.8 Å². The van der Waals surface area contributed by atoms with Crippen molar-refractivity contribution in [3.8, 4) is 0 Å². The van der Waals surface area contributed by atoms with E-state index in [1.165, 1.54) is 0 Å². The van der Waals surface area contributed by atoms with Gasteiger partial charge in [-0.2, -0.15) is 0 Å². The summed E-state index contributed by atoms with van der Waals surface area (Å²) in [6, 6.07) is 7.81. The van der Waals surface area contributed by atoms with Crippen LogP contribution in [0, 0.1) is 0 Å². The lowest BCUT2D eigenvalue weighted by molar-refractivity contribution is 0.131. The van der Waals surface area contributed by atoms with E-state index in [1.807, 2.05) is 24.3 Å². The Morgan fingerprint density at radius 1 is 1.05 bits per heavy atom. The summed E-state index contributed by atoms with van der Waals surface area (Å²) in [6.45, 7) is 4.41. The third-order valence-corrected chi connectivity index (χ3v) is 3.74. The van der Waals surface area contributed by atoms with Crippen molar-refractivity contribution < 1.29 is 9.47 Å². The Morgan fingerprint density at radius 2 is 1.71 bits per heavy atom. The van der Waals surface area contributed by atoms with Gasteiger partial charge in [0.15, 0.2) is 0 Å². The first-order valence-corrected chi connectivity index (χ1v) is 7.76. The molecule has 1 unspecified atom stereocenters. The molecule has 0 aliphatic rings. The van der Waals surface area contributed by atoms with Gasteiger partial charge >= 0.3 is 0 Å². The zero-order valence-corrected chi connectivity index (χ0v) is 13.8. The number of benzene rings is 1. The Kier molecular flexibility index (Phi) is 9.63. The smallest absolute Gasteiger partial charge is 0.0589 e. The molecular weight excluding hydrogens is 288 g/mol. The van der Waals surface area contributed by atoms with Gasteiger partial charge in [-0.15, -0.1) is 0 Å². The van der Waals surface area contributed by atoms with Crippen molar-refractivity contribution >= 4 is 11.6 Å². The average Bonchev–Trinajstić information content (AvgIpc) is 2.50. The van der Waals surface area contributed by atoms with Gasteiger partial charge in [0.05, 0.1) is 6.61 Å². The number of hydrogen-bond donors (Lipinski definition) is 1. The van der Waals surface area contributed by atoms with Crippen LogP contribution in [0.4, 0.5) is 0 Å². The number of methoxy groups -OCH3 is 2. The third-order valence-electron chi connectivity index (χ3n) is 3.49. The van der Waals surface area contributed by atoms with Gasteiger partial charge in [0.1, 0.15) is 0 Å². The van der Waals surface area contributed by atoms with Gasteiger partial charge in [-0.05, 0) is 30.5 Å². The monoisotopic (exact) mass is 314 g/mol. The minimum Gasteiger partial charge on any atom is -0.385 e. The molecule has 0 aromatic heterocycles. The van der Waals surface area contributed by atoms with Gasteiger partial charge in [0, 0.05) is 51.5 Å². The molecule has 0 aliphatic heterocycles. The molecule has 0 saturated heterocycles. The molecule has 0 radical (unpaired) electrons. The van der Waals surface area contributed by atoms with Crippen LogP contribution in [0.25, 0.3) is 0 Å². The predicted octanol–water partition coefficient (Wildman–Crippen LogP) is 2.71. The summed E-state index contributed by atoms with van der Waals surface area (Å²) < 4.78 is 10.3. The lowest BCUT2D eigenvalue weighted by Gasteiger charge is -2.23. The van der Waals surface area contributed by atoms with Crippen molar-refractivity contribution in [1.82, 2.24) is 4.90 Å². The highest BCUT2D eigenvalue weighted by molar-refractivity contribution is 6.30. The summed E-state index contributed by atoms with van der Waals surface area (Å²) in [5.41, 5.74) is 7.38. The van der Waals surface area contributed by atoms with Crippen molar-refractivity contribution in [3.63, 3.8) is 0 Å². The van der Waals surface area contributed by atoms with E-state index < -0.39 is 0 Å². The van der Waals surface area contributed by atoms with Gasteiger partial charge in [0.25, 0.3) is 0 Å². The molecular formula is C16H27ClN2O2. The second kappa shape index (κ2) is 11.0. The van der Waals surface area contributed by atoms with Gasteiger partial charge in [-0.3, -0.25) is 0 Å². The maximum absolute atomic E-state index is 6.25. The molecule has 21 heavy (non-hydrogen) atoms. The minimum atomic E-state index is 0.0368. The van der Waals surface area contributed by atoms with Crippen LogP contribution in [0.5, 0.6) is 0 Å². The molecule has 4 nitrogen and oxygen atoms in total. The first-order valence-electron chi connectivity index (χ1n) is 7.38. The standard InChI is InChI=1S/C16H27ClN2O2/c1-20-12-3-9-19(11-13-21-2)10-8-16(18)14-4-6-15(17)7-5-14/h4-7,16H,3,8-13,18H2,1-2H3. The number of halogens is 1. The number of hydrogen-bond acceptors (Lipinski definition) is 4. The van der Waals surface area contributed by atoms with Crippen LogP contribution in [0.1, 0.15) is 24.4 Å². The minimum absolute atomic E-state index is 0.0368. The SMILES string of the molecule is COCCCN(CCOC)CCC(N)c1ccc(Cl)cc1. The lowest BCUT2D eigenvalue weighted by atomic mass is 10.0. The highest BCUT2D eigenvalue weighted by Gasteiger charge is 2.10. The predicted molar refractivity (Wildman–Crippen MR) is 87.8 cm³/mol. The molecule has 1 atom stereocenters. The zero-order valence-electron chi connectivity index (χ0n) is 13.1. The Balaban J connectivity index is 2.40. The molecule has 0 aliphatic carbocycles. The fourth-order valence-corrected chi connectivity index (χ4v) is 2.31. The van der Waals surface area contributed by atoms with E-state index in [-0.39, 0.29) is 6.04 Å². The third kappa shape index (κ3) is 7.79. The van der Waals surface area contributed by atoms with Crippen LogP contribution in [-0.4, -0.2) is 52.0 Å². The van der Waals surface area contributed by atoms with E-state index in [0.29, 0.717) is 0 Å². The van der Waals surface area contributed by atoms with E-state index in [2.05, 4.69) is 4.90 Å². The molecule has 0 fully saturated rings. The number of rotatable bonds is 11. The molecule has 0 spiro atoms. The van der Waals surface area contributed by atoms with E-state index in [1.54, 1.807) is 14.2 Å². The van der Waals surface area contributed by atoms with Crippen LogP contribution < -0.4 is 5.73 Å². The van der Waals surface area contributed by atoms with E-state index in [9.17, 15) is 0 Å². The van der Waals surface area contributed by atoms with Gasteiger partial charge < -0.3 is 20.1 Å². The summed E-state index contributed by atoms with van der Waals surface area (Å²) >= 11 is 5.90. The Bertz CT molecular complexity index is 373.